The first-order chi connectivity index (χ1) is 13.0. The highest BCUT2D eigenvalue weighted by molar-refractivity contribution is 5.97. The van der Waals surface area contributed by atoms with E-state index >= 15 is 0 Å². The van der Waals surface area contributed by atoms with Gasteiger partial charge in [-0.25, -0.2) is 5.43 Å². The van der Waals surface area contributed by atoms with Crippen molar-refractivity contribution in [2.75, 3.05) is 13.3 Å². The van der Waals surface area contributed by atoms with Gasteiger partial charge < -0.3 is 14.8 Å². The van der Waals surface area contributed by atoms with Crippen molar-refractivity contribution in [2.24, 2.45) is 5.10 Å². The second kappa shape index (κ2) is 7.95. The molecule has 0 saturated heterocycles. The van der Waals surface area contributed by atoms with Gasteiger partial charge in [0.1, 0.15) is 0 Å². The van der Waals surface area contributed by atoms with Gasteiger partial charge in [-0.1, -0.05) is 12.1 Å². The van der Waals surface area contributed by atoms with Crippen molar-refractivity contribution < 1.29 is 24.0 Å². The van der Waals surface area contributed by atoms with E-state index in [1.807, 2.05) is 0 Å². The third-order valence-corrected chi connectivity index (χ3v) is 3.57. The number of benzene rings is 2. The molecule has 2 aromatic carbocycles. The Hall–Kier alpha value is -3.95. The molecule has 10 nitrogen and oxygen atoms in total. The fourth-order valence-electron chi connectivity index (χ4n) is 2.28. The Morgan fingerprint density at radius 3 is 2.78 bits per heavy atom. The van der Waals surface area contributed by atoms with Crippen molar-refractivity contribution in [1.82, 2.24) is 10.7 Å². The molecule has 3 rings (SSSR count). The summed E-state index contributed by atoms with van der Waals surface area (Å²) >= 11 is 0. The first-order valence-electron chi connectivity index (χ1n) is 7.78. The number of nitrogens with one attached hydrogen (secondary N) is 2. The zero-order valence-corrected chi connectivity index (χ0v) is 13.9. The molecule has 0 fully saturated rings. The van der Waals surface area contributed by atoms with Crippen LogP contribution in [0.15, 0.2) is 47.6 Å². The molecular weight excluding hydrogens is 356 g/mol. The zero-order chi connectivity index (χ0) is 19.2. The molecule has 10 heteroatoms. The van der Waals surface area contributed by atoms with E-state index in [9.17, 15) is 19.7 Å². The molecule has 2 N–H and O–H groups in total. The number of nitro groups is 1. The smallest absolute Gasteiger partial charge is 0.278 e. The lowest BCUT2D eigenvalue weighted by Crippen LogP contribution is -2.34. The maximum absolute atomic E-state index is 12.1. The van der Waals surface area contributed by atoms with Crippen LogP contribution in [-0.4, -0.2) is 36.3 Å². The Labute approximate surface area is 152 Å². The number of ether oxygens (including phenoxy) is 2. The molecule has 1 heterocycles. The van der Waals surface area contributed by atoms with Crippen molar-refractivity contribution in [1.29, 1.82) is 0 Å². The Morgan fingerprint density at radius 1 is 1.19 bits per heavy atom. The number of rotatable bonds is 6. The lowest BCUT2D eigenvalue weighted by molar-refractivity contribution is -0.385. The summed E-state index contributed by atoms with van der Waals surface area (Å²) in [5.41, 5.74) is 2.62. The summed E-state index contributed by atoms with van der Waals surface area (Å²) < 4.78 is 10.3. The molecule has 1 aliphatic rings. The molecule has 1 aliphatic heterocycles. The van der Waals surface area contributed by atoms with Crippen LogP contribution >= 0.6 is 0 Å². The number of carbonyl (C=O) groups is 2. The zero-order valence-electron chi connectivity index (χ0n) is 13.9. The average molecular weight is 370 g/mol. The van der Waals surface area contributed by atoms with Crippen LogP contribution in [0.25, 0.3) is 0 Å². The number of hydrazone groups is 1. The van der Waals surface area contributed by atoms with E-state index in [0.717, 1.165) is 6.21 Å². The fourth-order valence-corrected chi connectivity index (χ4v) is 2.28. The van der Waals surface area contributed by atoms with Gasteiger partial charge in [-0.2, -0.15) is 5.10 Å². The van der Waals surface area contributed by atoms with Gasteiger partial charge in [-0.3, -0.25) is 19.7 Å². The molecule has 138 valence electrons. The Balaban J connectivity index is 1.51. The Morgan fingerprint density at radius 2 is 1.96 bits per heavy atom. The van der Waals surface area contributed by atoms with E-state index in [1.165, 1.54) is 24.3 Å². The first-order valence-corrected chi connectivity index (χ1v) is 7.78. The number of hydrogen-bond acceptors (Lipinski definition) is 7. The minimum Gasteiger partial charge on any atom is -0.454 e. The summed E-state index contributed by atoms with van der Waals surface area (Å²) in [6.07, 6.45) is 1.16. The quantitative estimate of drug-likeness (QED) is 0.446. The molecular formula is C17H14N4O6. The molecule has 0 radical (unpaired) electrons. The normalized spacial score (nSPS) is 12.0. The topological polar surface area (TPSA) is 132 Å². The van der Waals surface area contributed by atoms with Gasteiger partial charge in [-0.05, 0) is 24.3 Å². The van der Waals surface area contributed by atoms with E-state index < -0.39 is 16.7 Å². The van der Waals surface area contributed by atoms with E-state index in [0.29, 0.717) is 17.1 Å². The van der Waals surface area contributed by atoms with Crippen LogP contribution in [0.1, 0.15) is 15.9 Å². The summed E-state index contributed by atoms with van der Waals surface area (Å²) in [4.78, 5) is 34.2. The van der Waals surface area contributed by atoms with E-state index in [-0.39, 0.29) is 24.6 Å². The summed E-state index contributed by atoms with van der Waals surface area (Å²) in [6, 6.07) is 10.6. The highest BCUT2D eigenvalue weighted by Crippen LogP contribution is 2.32. The molecule has 0 aromatic heterocycles. The largest absolute Gasteiger partial charge is 0.454 e. The second-order valence-corrected chi connectivity index (χ2v) is 5.36. The van der Waals surface area contributed by atoms with Gasteiger partial charge in [0.15, 0.2) is 11.5 Å². The summed E-state index contributed by atoms with van der Waals surface area (Å²) in [7, 11) is 0. The van der Waals surface area contributed by atoms with Crippen LogP contribution in [0, 0.1) is 10.1 Å². The van der Waals surface area contributed by atoms with Crippen LogP contribution in [0.2, 0.25) is 0 Å². The van der Waals surface area contributed by atoms with Gasteiger partial charge in [0, 0.05) is 11.6 Å². The number of nitro benzene ring substituents is 1. The van der Waals surface area contributed by atoms with Crippen LogP contribution in [0.3, 0.4) is 0 Å². The van der Waals surface area contributed by atoms with Gasteiger partial charge in [0.25, 0.3) is 17.5 Å². The van der Waals surface area contributed by atoms with Gasteiger partial charge >= 0.3 is 0 Å². The number of amides is 2. The standard InChI is InChI=1S/C17H14N4O6/c22-16(20-19-8-12-3-1-2-4-13(12)21(24)25)9-18-17(23)11-5-6-14-15(7-11)27-10-26-14/h1-8H,9-10H2,(H,18,23)(H,20,22)/b19-8+. The number of para-hydroxylation sites is 1. The van der Waals surface area contributed by atoms with E-state index in [4.69, 9.17) is 9.47 Å². The third-order valence-electron chi connectivity index (χ3n) is 3.57. The molecule has 0 unspecified atom stereocenters. The van der Waals surface area contributed by atoms with E-state index in [1.54, 1.807) is 18.2 Å². The van der Waals surface area contributed by atoms with Crippen molar-refractivity contribution in [3.8, 4) is 11.5 Å². The van der Waals surface area contributed by atoms with Gasteiger partial charge in [0.05, 0.1) is 23.2 Å². The molecule has 2 amide bonds. The summed E-state index contributed by atoms with van der Waals surface area (Å²) in [6.45, 7) is -0.220. The Bertz CT molecular complexity index is 927. The summed E-state index contributed by atoms with van der Waals surface area (Å²) in [5, 5.41) is 17.0. The van der Waals surface area contributed by atoms with Gasteiger partial charge in [-0.15, -0.1) is 0 Å². The summed E-state index contributed by atoms with van der Waals surface area (Å²) in [5.74, 6) is -0.0418. The molecule has 0 aliphatic carbocycles. The molecule has 0 atom stereocenters. The van der Waals surface area contributed by atoms with Crippen LogP contribution in [0.5, 0.6) is 11.5 Å². The highest BCUT2D eigenvalue weighted by Gasteiger charge is 2.16. The van der Waals surface area contributed by atoms with Crippen LogP contribution < -0.4 is 20.2 Å². The van der Waals surface area contributed by atoms with Crippen molar-refractivity contribution >= 4 is 23.7 Å². The van der Waals surface area contributed by atoms with Crippen LogP contribution in [-0.2, 0) is 4.79 Å². The highest BCUT2D eigenvalue weighted by atomic mass is 16.7. The Kier molecular flexibility index (Phi) is 5.26. The van der Waals surface area contributed by atoms with Crippen LogP contribution in [0.4, 0.5) is 5.69 Å². The maximum Gasteiger partial charge on any atom is 0.278 e. The number of carbonyl (C=O) groups excluding carboxylic acids is 2. The number of nitrogens with zero attached hydrogens (tertiary/aromatic N) is 2. The second-order valence-electron chi connectivity index (χ2n) is 5.36. The first kappa shape index (κ1) is 17.9. The minimum atomic E-state index is -0.584. The minimum absolute atomic E-state index is 0.0976. The fraction of sp³-hybridized carbons (Fsp3) is 0.118. The van der Waals surface area contributed by atoms with Gasteiger partial charge in [0.2, 0.25) is 6.79 Å². The lowest BCUT2D eigenvalue weighted by Gasteiger charge is -2.05. The predicted octanol–water partition coefficient (Wildman–Crippen LogP) is 1.20. The van der Waals surface area contributed by atoms with E-state index in [2.05, 4.69) is 15.8 Å². The predicted molar refractivity (Wildman–Crippen MR) is 93.7 cm³/mol. The van der Waals surface area contributed by atoms with Crippen molar-refractivity contribution in [3.05, 3.63) is 63.7 Å². The number of fused-ring (bicyclic) bond motifs is 1. The molecule has 0 bridgehead atoms. The molecule has 27 heavy (non-hydrogen) atoms. The molecule has 0 spiro atoms. The SMILES string of the molecule is O=C(CNC(=O)c1ccc2c(c1)OCO2)N/N=C/c1ccccc1[N+](=O)[O-]. The molecule has 0 saturated carbocycles. The molecule has 2 aromatic rings. The number of hydrogen-bond donors (Lipinski definition) is 2. The monoisotopic (exact) mass is 370 g/mol. The van der Waals surface area contributed by atoms with Crippen molar-refractivity contribution in [2.45, 2.75) is 0 Å². The third kappa shape index (κ3) is 4.37. The average Bonchev–Trinajstić information content (AvgIpc) is 3.14. The maximum atomic E-state index is 12.1. The van der Waals surface area contributed by atoms with Crippen molar-refractivity contribution in [3.63, 3.8) is 0 Å². The lowest BCUT2D eigenvalue weighted by atomic mass is 10.2.